The minimum absolute atomic E-state index is 0.108. The van der Waals surface area contributed by atoms with Gasteiger partial charge in [0, 0.05) is 12.6 Å². The molecule has 8 heteroatoms. The molecule has 4 rings (SSSR count). The number of nitrogens with one attached hydrogen (secondary N) is 1. The van der Waals surface area contributed by atoms with Crippen molar-refractivity contribution in [2.45, 2.75) is 90.2 Å². The Labute approximate surface area is 251 Å². The molecule has 0 spiro atoms. The highest BCUT2D eigenvalue weighted by Crippen LogP contribution is 2.27. The van der Waals surface area contributed by atoms with Gasteiger partial charge in [0.05, 0.1) is 10.6 Å². The monoisotopic (exact) mass is 589 g/mol. The van der Waals surface area contributed by atoms with Crippen molar-refractivity contribution in [1.29, 1.82) is 0 Å². The quantitative estimate of drug-likeness (QED) is 0.298. The number of nitrogens with zero attached hydrogens (tertiary/aromatic N) is 2. The van der Waals surface area contributed by atoms with Gasteiger partial charge in [-0.3, -0.25) is 13.9 Å². The predicted molar refractivity (Wildman–Crippen MR) is 168 cm³/mol. The molecule has 1 aliphatic rings. The maximum Gasteiger partial charge on any atom is 0.264 e. The summed E-state index contributed by atoms with van der Waals surface area (Å²) >= 11 is 0. The number of anilines is 1. The van der Waals surface area contributed by atoms with Crippen LogP contribution in [0, 0.1) is 27.7 Å². The molecule has 2 amide bonds. The number of carbonyl (C=O) groups excluding carboxylic acids is 2. The van der Waals surface area contributed by atoms with Gasteiger partial charge in [0.25, 0.3) is 10.0 Å². The number of benzene rings is 3. The molecule has 42 heavy (non-hydrogen) atoms. The highest BCUT2D eigenvalue weighted by Gasteiger charge is 2.34. The fourth-order valence-corrected chi connectivity index (χ4v) is 7.04. The molecule has 1 saturated carbocycles. The first kappa shape index (κ1) is 31.3. The van der Waals surface area contributed by atoms with Crippen LogP contribution in [0.2, 0.25) is 0 Å². The highest BCUT2D eigenvalue weighted by molar-refractivity contribution is 7.92. The van der Waals surface area contributed by atoms with E-state index in [1.54, 1.807) is 41.3 Å². The first-order valence-electron chi connectivity index (χ1n) is 14.8. The van der Waals surface area contributed by atoms with Crippen molar-refractivity contribution in [3.05, 3.63) is 94.5 Å². The molecule has 0 bridgehead atoms. The first-order chi connectivity index (χ1) is 20.0. The summed E-state index contributed by atoms with van der Waals surface area (Å²) in [7, 11) is -4.10. The van der Waals surface area contributed by atoms with Crippen molar-refractivity contribution in [2.24, 2.45) is 0 Å². The Balaban J connectivity index is 1.73. The van der Waals surface area contributed by atoms with Gasteiger partial charge in [-0.15, -0.1) is 0 Å². The van der Waals surface area contributed by atoms with E-state index >= 15 is 0 Å². The number of hydrogen-bond acceptors (Lipinski definition) is 4. The number of aryl methyl sites for hydroxylation is 4. The molecule has 224 valence electrons. The highest BCUT2D eigenvalue weighted by atomic mass is 32.2. The van der Waals surface area contributed by atoms with Crippen LogP contribution >= 0.6 is 0 Å². The third-order valence-corrected chi connectivity index (χ3v) is 9.73. The summed E-state index contributed by atoms with van der Waals surface area (Å²) < 4.78 is 29.4. The van der Waals surface area contributed by atoms with Gasteiger partial charge < -0.3 is 10.2 Å². The molecule has 1 aliphatic carbocycles. The second-order valence-electron chi connectivity index (χ2n) is 11.6. The van der Waals surface area contributed by atoms with Gasteiger partial charge in [0.15, 0.2) is 0 Å². The molecule has 1 N–H and O–H groups in total. The topological polar surface area (TPSA) is 86.8 Å². The van der Waals surface area contributed by atoms with E-state index in [2.05, 4.69) is 5.32 Å². The average molecular weight is 590 g/mol. The van der Waals surface area contributed by atoms with Crippen molar-refractivity contribution < 1.29 is 18.0 Å². The van der Waals surface area contributed by atoms with Crippen LogP contribution in [0.4, 0.5) is 5.69 Å². The summed E-state index contributed by atoms with van der Waals surface area (Å²) in [5, 5.41) is 3.16. The molecular weight excluding hydrogens is 546 g/mol. The van der Waals surface area contributed by atoms with Crippen LogP contribution in [0.25, 0.3) is 0 Å². The van der Waals surface area contributed by atoms with E-state index in [0.717, 1.165) is 53.5 Å². The molecule has 0 heterocycles. The Bertz CT molecular complexity index is 1470. The Morgan fingerprint density at radius 3 is 1.93 bits per heavy atom. The van der Waals surface area contributed by atoms with Gasteiger partial charge >= 0.3 is 0 Å². The molecule has 0 saturated heterocycles. The maximum atomic E-state index is 14.3. The minimum atomic E-state index is -4.10. The van der Waals surface area contributed by atoms with Gasteiger partial charge in [-0.1, -0.05) is 73.4 Å². The van der Waals surface area contributed by atoms with Gasteiger partial charge in [0.2, 0.25) is 11.8 Å². The van der Waals surface area contributed by atoms with Crippen LogP contribution in [0.5, 0.6) is 0 Å². The number of hydrogen-bond donors (Lipinski definition) is 1. The maximum absolute atomic E-state index is 14.3. The third kappa shape index (κ3) is 7.59. The second kappa shape index (κ2) is 13.6. The normalized spacial score (nSPS) is 14.4. The first-order valence-corrected chi connectivity index (χ1v) is 16.2. The zero-order chi connectivity index (χ0) is 30.4. The standard InChI is InChI=1S/C34H43N3O4S/c1-6-32(34(39)35-29-9-7-8-10-29)36(22-28-15-11-24(2)12-16-28)33(38)23-37(30-20-26(4)19-27(5)21-30)42(40,41)31-17-13-25(3)14-18-31/h11-21,29,32H,6-10,22-23H2,1-5H3,(H,35,39)/t32-/m1/s1. The molecule has 7 nitrogen and oxygen atoms in total. The van der Waals surface area contributed by atoms with E-state index in [4.69, 9.17) is 0 Å². The van der Waals surface area contributed by atoms with E-state index in [0.29, 0.717) is 12.1 Å². The van der Waals surface area contributed by atoms with Crippen molar-refractivity contribution in [3.8, 4) is 0 Å². The summed E-state index contributed by atoms with van der Waals surface area (Å²) in [6.07, 6.45) is 4.43. The lowest BCUT2D eigenvalue weighted by Crippen LogP contribution is -2.53. The molecule has 0 aromatic heterocycles. The van der Waals surface area contributed by atoms with Crippen LogP contribution < -0.4 is 9.62 Å². The van der Waals surface area contributed by atoms with Crippen LogP contribution in [0.3, 0.4) is 0 Å². The van der Waals surface area contributed by atoms with Crippen molar-refractivity contribution >= 4 is 27.5 Å². The zero-order valence-corrected chi connectivity index (χ0v) is 26.2. The summed E-state index contributed by atoms with van der Waals surface area (Å²) in [5.41, 5.74) is 5.10. The van der Waals surface area contributed by atoms with Crippen molar-refractivity contribution in [2.75, 3.05) is 10.8 Å². The lowest BCUT2D eigenvalue weighted by molar-refractivity contribution is -0.140. The second-order valence-corrected chi connectivity index (χ2v) is 13.5. The zero-order valence-electron chi connectivity index (χ0n) is 25.4. The molecule has 1 fully saturated rings. The Kier molecular flexibility index (Phi) is 10.1. The van der Waals surface area contributed by atoms with Gasteiger partial charge in [-0.05, 0) is 87.9 Å². The summed E-state index contributed by atoms with van der Waals surface area (Å²) in [4.78, 5) is 29.5. The number of sulfonamides is 1. The summed E-state index contributed by atoms with van der Waals surface area (Å²) in [6.45, 7) is 9.34. The fourth-order valence-electron chi connectivity index (χ4n) is 5.64. The summed E-state index contributed by atoms with van der Waals surface area (Å²) in [5.74, 6) is -0.622. The third-order valence-electron chi connectivity index (χ3n) is 7.94. The van der Waals surface area contributed by atoms with Crippen LogP contribution in [-0.4, -0.2) is 43.8 Å². The Morgan fingerprint density at radius 1 is 0.833 bits per heavy atom. The Morgan fingerprint density at radius 2 is 1.38 bits per heavy atom. The van der Waals surface area contributed by atoms with E-state index in [1.165, 1.54) is 4.31 Å². The number of carbonyl (C=O) groups is 2. The smallest absolute Gasteiger partial charge is 0.264 e. The molecular formula is C34H43N3O4S. The minimum Gasteiger partial charge on any atom is -0.352 e. The molecule has 0 aliphatic heterocycles. The SMILES string of the molecule is CC[C@H](C(=O)NC1CCCC1)N(Cc1ccc(C)cc1)C(=O)CN(c1cc(C)cc(C)c1)S(=O)(=O)c1ccc(C)cc1. The van der Waals surface area contributed by atoms with E-state index < -0.39 is 28.5 Å². The van der Waals surface area contributed by atoms with Crippen LogP contribution in [-0.2, 0) is 26.2 Å². The lowest BCUT2D eigenvalue weighted by atomic mass is 10.1. The van der Waals surface area contributed by atoms with E-state index in [1.807, 2.05) is 65.0 Å². The van der Waals surface area contributed by atoms with E-state index in [9.17, 15) is 18.0 Å². The predicted octanol–water partition coefficient (Wildman–Crippen LogP) is 5.98. The summed E-state index contributed by atoms with van der Waals surface area (Å²) in [6, 6.07) is 19.4. The average Bonchev–Trinajstić information content (AvgIpc) is 3.45. The van der Waals surface area contributed by atoms with Crippen LogP contribution in [0.15, 0.2) is 71.6 Å². The fraction of sp³-hybridized carbons (Fsp3) is 0.412. The number of amides is 2. The largest absolute Gasteiger partial charge is 0.352 e. The molecule has 0 unspecified atom stereocenters. The molecule has 1 atom stereocenters. The van der Waals surface area contributed by atoms with Gasteiger partial charge in [0.1, 0.15) is 12.6 Å². The lowest BCUT2D eigenvalue weighted by Gasteiger charge is -2.34. The van der Waals surface area contributed by atoms with Gasteiger partial charge in [-0.2, -0.15) is 0 Å². The van der Waals surface area contributed by atoms with E-state index in [-0.39, 0.29) is 23.4 Å². The van der Waals surface area contributed by atoms with Crippen molar-refractivity contribution in [3.63, 3.8) is 0 Å². The number of rotatable bonds is 11. The van der Waals surface area contributed by atoms with Crippen LogP contribution in [0.1, 0.15) is 66.8 Å². The molecule has 0 radical (unpaired) electrons. The van der Waals surface area contributed by atoms with Gasteiger partial charge in [-0.25, -0.2) is 8.42 Å². The van der Waals surface area contributed by atoms with Crippen molar-refractivity contribution in [1.82, 2.24) is 10.2 Å². The molecule has 3 aromatic rings. The Hall–Kier alpha value is -3.65. The molecule has 3 aromatic carbocycles.